The molecule has 0 heterocycles. The highest BCUT2D eigenvalue weighted by molar-refractivity contribution is 4.58. The molecule has 0 fully saturated rings. The zero-order chi connectivity index (χ0) is 7.82. The first-order chi connectivity index (χ1) is 4.81. The van der Waals surface area contributed by atoms with Crippen LogP contribution in [0, 0.1) is 12.3 Å². The van der Waals surface area contributed by atoms with Gasteiger partial charge in [0, 0.05) is 0 Å². The Kier molecular flexibility index (Phi) is 7.11. The fourth-order valence-electron chi connectivity index (χ4n) is 1.31. The van der Waals surface area contributed by atoms with Crippen LogP contribution in [-0.2, 0) is 0 Å². The summed E-state index contributed by atoms with van der Waals surface area (Å²) in [6, 6.07) is 0. The van der Waals surface area contributed by atoms with E-state index in [-0.39, 0.29) is 0 Å². The molecule has 0 bridgehead atoms. The highest BCUT2D eigenvalue weighted by atomic mass is 14.0. The van der Waals surface area contributed by atoms with Crippen molar-refractivity contribution >= 4 is 0 Å². The van der Waals surface area contributed by atoms with E-state index in [1.165, 1.54) is 32.1 Å². The largest absolute Gasteiger partial charge is 0.0654 e. The minimum Gasteiger partial charge on any atom is -0.0654 e. The Hall–Kier alpha value is 0. The van der Waals surface area contributed by atoms with Crippen molar-refractivity contribution in [3.05, 3.63) is 6.42 Å². The molecule has 0 aliphatic carbocycles. The smallest absolute Gasteiger partial charge is 0.0417 e. The lowest BCUT2D eigenvalue weighted by atomic mass is 9.99. The van der Waals surface area contributed by atoms with Crippen LogP contribution in [0.1, 0.15) is 52.9 Å². The van der Waals surface area contributed by atoms with E-state index in [0.29, 0.717) is 0 Å². The van der Waals surface area contributed by atoms with E-state index in [0.717, 1.165) is 5.92 Å². The molecule has 0 nitrogen and oxygen atoms in total. The summed E-state index contributed by atoms with van der Waals surface area (Å²) >= 11 is 0. The average Bonchev–Trinajstić information content (AvgIpc) is 1.89. The van der Waals surface area contributed by atoms with Crippen LogP contribution >= 0.6 is 0 Å². The van der Waals surface area contributed by atoms with E-state index in [2.05, 4.69) is 27.2 Å². The van der Waals surface area contributed by atoms with Gasteiger partial charge in [-0.05, 0) is 12.3 Å². The van der Waals surface area contributed by atoms with Gasteiger partial charge in [-0.15, -0.1) is 0 Å². The highest BCUT2D eigenvalue weighted by Crippen LogP contribution is 2.13. The van der Waals surface area contributed by atoms with Crippen LogP contribution in [0.15, 0.2) is 0 Å². The maximum Gasteiger partial charge on any atom is -0.0417 e. The molecule has 1 atom stereocenters. The molecule has 10 heavy (non-hydrogen) atoms. The standard InChI is InChI=1S/C10H21/c1-4-6-7-9-10(3)8-5-2/h4,10H,5-9H2,1-3H3. The molecule has 0 aromatic carbocycles. The number of hydrogen-bond donors (Lipinski definition) is 0. The lowest BCUT2D eigenvalue weighted by Gasteiger charge is -2.07. The van der Waals surface area contributed by atoms with Gasteiger partial charge in [0.15, 0.2) is 0 Å². The fraction of sp³-hybridized carbons (Fsp3) is 0.900. The van der Waals surface area contributed by atoms with Crippen LogP contribution in [0.25, 0.3) is 0 Å². The van der Waals surface area contributed by atoms with Crippen molar-refractivity contribution in [1.82, 2.24) is 0 Å². The first kappa shape index (κ1) is 10.0. The van der Waals surface area contributed by atoms with Gasteiger partial charge in [0.1, 0.15) is 0 Å². The molecule has 0 aromatic rings. The van der Waals surface area contributed by atoms with Gasteiger partial charge in [0.25, 0.3) is 0 Å². The zero-order valence-electron chi connectivity index (χ0n) is 7.69. The molecule has 0 aliphatic rings. The van der Waals surface area contributed by atoms with Gasteiger partial charge >= 0.3 is 0 Å². The van der Waals surface area contributed by atoms with Gasteiger partial charge < -0.3 is 0 Å². The summed E-state index contributed by atoms with van der Waals surface area (Å²) in [7, 11) is 0. The third-order valence-corrected chi connectivity index (χ3v) is 1.97. The molecule has 1 radical (unpaired) electrons. The predicted molar refractivity (Wildman–Crippen MR) is 47.9 cm³/mol. The van der Waals surface area contributed by atoms with Crippen LogP contribution in [0.4, 0.5) is 0 Å². The second kappa shape index (κ2) is 7.11. The van der Waals surface area contributed by atoms with Gasteiger partial charge in [-0.3, -0.25) is 0 Å². The molecule has 1 unspecified atom stereocenters. The summed E-state index contributed by atoms with van der Waals surface area (Å²) < 4.78 is 0. The van der Waals surface area contributed by atoms with E-state index in [1.807, 2.05) is 0 Å². The second-order valence-corrected chi connectivity index (χ2v) is 3.23. The number of rotatable bonds is 6. The van der Waals surface area contributed by atoms with Gasteiger partial charge in [-0.2, -0.15) is 0 Å². The minimum atomic E-state index is 0.949. The van der Waals surface area contributed by atoms with E-state index in [1.54, 1.807) is 0 Å². The Morgan fingerprint density at radius 1 is 1.30 bits per heavy atom. The summed E-state index contributed by atoms with van der Waals surface area (Å²) in [5, 5.41) is 0. The molecular formula is C10H21. The molecule has 0 rings (SSSR count). The fourth-order valence-corrected chi connectivity index (χ4v) is 1.31. The molecule has 0 spiro atoms. The van der Waals surface area contributed by atoms with Crippen LogP contribution in [0.2, 0.25) is 0 Å². The molecule has 0 heteroatoms. The molecule has 0 saturated carbocycles. The van der Waals surface area contributed by atoms with Crippen molar-refractivity contribution in [2.75, 3.05) is 0 Å². The van der Waals surface area contributed by atoms with Crippen molar-refractivity contribution in [3.8, 4) is 0 Å². The number of unbranched alkanes of at least 4 members (excludes halogenated alkanes) is 2. The van der Waals surface area contributed by atoms with E-state index in [4.69, 9.17) is 0 Å². The monoisotopic (exact) mass is 141 g/mol. The quantitative estimate of drug-likeness (QED) is 0.493. The molecule has 0 aromatic heterocycles. The summed E-state index contributed by atoms with van der Waals surface area (Å²) in [5.41, 5.74) is 0. The third-order valence-electron chi connectivity index (χ3n) is 1.97. The number of hydrogen-bond acceptors (Lipinski definition) is 0. The van der Waals surface area contributed by atoms with Crippen molar-refractivity contribution < 1.29 is 0 Å². The third kappa shape index (κ3) is 6.12. The molecule has 0 saturated heterocycles. The maximum atomic E-state index is 2.36. The van der Waals surface area contributed by atoms with E-state index in [9.17, 15) is 0 Å². The maximum absolute atomic E-state index is 2.36. The van der Waals surface area contributed by atoms with E-state index >= 15 is 0 Å². The Balaban J connectivity index is 2.97. The molecule has 0 aliphatic heterocycles. The van der Waals surface area contributed by atoms with Crippen LogP contribution < -0.4 is 0 Å². The zero-order valence-corrected chi connectivity index (χ0v) is 7.69. The molecule has 0 N–H and O–H groups in total. The molecule has 61 valence electrons. The second-order valence-electron chi connectivity index (χ2n) is 3.23. The van der Waals surface area contributed by atoms with Crippen molar-refractivity contribution in [2.45, 2.75) is 52.9 Å². The van der Waals surface area contributed by atoms with Gasteiger partial charge in [-0.25, -0.2) is 0 Å². The summed E-state index contributed by atoms with van der Waals surface area (Å²) in [6.45, 7) is 6.77. The van der Waals surface area contributed by atoms with Gasteiger partial charge in [-0.1, -0.05) is 52.9 Å². The Labute approximate surface area is 66.0 Å². The van der Waals surface area contributed by atoms with Crippen LogP contribution in [-0.4, -0.2) is 0 Å². The normalized spacial score (nSPS) is 13.5. The highest BCUT2D eigenvalue weighted by Gasteiger charge is 1.98. The lowest BCUT2D eigenvalue weighted by Crippen LogP contribution is -1.92. The SMILES string of the molecule is C[CH]CCCC(C)CCC. The minimum absolute atomic E-state index is 0.949. The topological polar surface area (TPSA) is 0 Å². The van der Waals surface area contributed by atoms with Gasteiger partial charge in [0.2, 0.25) is 0 Å². The first-order valence-corrected chi connectivity index (χ1v) is 4.59. The van der Waals surface area contributed by atoms with Crippen LogP contribution in [0.3, 0.4) is 0 Å². The summed E-state index contributed by atoms with van der Waals surface area (Å²) in [4.78, 5) is 0. The average molecular weight is 141 g/mol. The summed E-state index contributed by atoms with van der Waals surface area (Å²) in [5.74, 6) is 0.949. The Morgan fingerprint density at radius 2 is 2.00 bits per heavy atom. The molecule has 0 amide bonds. The van der Waals surface area contributed by atoms with Crippen molar-refractivity contribution in [3.63, 3.8) is 0 Å². The van der Waals surface area contributed by atoms with Crippen LogP contribution in [0.5, 0.6) is 0 Å². The Morgan fingerprint density at radius 3 is 2.50 bits per heavy atom. The Bertz CT molecular complexity index is 57.1. The predicted octanol–water partition coefficient (Wildman–Crippen LogP) is 3.82. The van der Waals surface area contributed by atoms with Gasteiger partial charge in [0.05, 0.1) is 0 Å². The van der Waals surface area contributed by atoms with Crippen molar-refractivity contribution in [1.29, 1.82) is 0 Å². The van der Waals surface area contributed by atoms with Crippen molar-refractivity contribution in [2.24, 2.45) is 5.92 Å². The lowest BCUT2D eigenvalue weighted by molar-refractivity contribution is 0.468. The summed E-state index contributed by atoms with van der Waals surface area (Å²) in [6.07, 6.45) is 9.11. The van der Waals surface area contributed by atoms with E-state index < -0.39 is 0 Å². The molecular weight excluding hydrogens is 120 g/mol. The first-order valence-electron chi connectivity index (χ1n) is 4.59.